The van der Waals surface area contributed by atoms with E-state index in [1.165, 1.54) is 39.1 Å². The number of allylic oxidation sites excluding steroid dienone is 10. The van der Waals surface area contributed by atoms with E-state index in [1.54, 1.807) is 6.08 Å². The third kappa shape index (κ3) is 6.08. The molecule has 0 N–H and O–H groups in total. The van der Waals surface area contributed by atoms with Crippen LogP contribution in [0.3, 0.4) is 0 Å². The maximum absolute atomic E-state index is 3.94. The molecule has 0 amide bonds. The second kappa shape index (κ2) is 12.1. The van der Waals surface area contributed by atoms with Crippen LogP contribution in [0, 0.1) is 6.92 Å². The highest BCUT2D eigenvalue weighted by Crippen LogP contribution is 2.36. The molecule has 0 aliphatic heterocycles. The first-order chi connectivity index (χ1) is 18.0. The lowest BCUT2D eigenvalue weighted by molar-refractivity contribution is 0.892. The molecule has 184 valence electrons. The topological polar surface area (TPSA) is 3.24 Å². The van der Waals surface area contributed by atoms with Crippen LogP contribution in [-0.2, 0) is 0 Å². The number of aryl methyl sites for hydroxylation is 1. The van der Waals surface area contributed by atoms with Gasteiger partial charge in [-0.25, -0.2) is 0 Å². The number of nitrogens with zero attached hydrogens (tertiary/aromatic N) is 1. The number of hydrogen-bond acceptors (Lipinski definition) is 1. The molecule has 1 nitrogen and oxygen atoms in total. The molecule has 3 aromatic carbocycles. The van der Waals surface area contributed by atoms with E-state index in [4.69, 9.17) is 0 Å². The van der Waals surface area contributed by atoms with E-state index < -0.39 is 0 Å². The first-order valence-corrected chi connectivity index (χ1v) is 12.8. The summed E-state index contributed by atoms with van der Waals surface area (Å²) in [6.07, 6.45) is 18.1. The van der Waals surface area contributed by atoms with Crippen LogP contribution in [0.5, 0.6) is 0 Å². The van der Waals surface area contributed by atoms with Crippen molar-refractivity contribution < 1.29 is 0 Å². The molecule has 4 rings (SSSR count). The van der Waals surface area contributed by atoms with Gasteiger partial charge in [0.25, 0.3) is 0 Å². The summed E-state index contributed by atoms with van der Waals surface area (Å²) in [6, 6.07) is 24.2. The van der Waals surface area contributed by atoms with Crippen LogP contribution in [0.1, 0.15) is 36.5 Å². The molecule has 1 aliphatic carbocycles. The number of anilines is 2. The minimum Gasteiger partial charge on any atom is -0.314 e. The van der Waals surface area contributed by atoms with E-state index in [2.05, 4.69) is 123 Å². The van der Waals surface area contributed by atoms with Crippen molar-refractivity contribution in [1.82, 2.24) is 0 Å². The van der Waals surface area contributed by atoms with E-state index in [1.807, 2.05) is 24.3 Å². The van der Waals surface area contributed by atoms with E-state index in [9.17, 15) is 0 Å². The summed E-state index contributed by atoms with van der Waals surface area (Å²) >= 11 is 0. The molecule has 0 radical (unpaired) electrons. The lowest BCUT2D eigenvalue weighted by Crippen LogP contribution is -2.17. The lowest BCUT2D eigenvalue weighted by Gasteiger charge is -2.30. The van der Waals surface area contributed by atoms with Gasteiger partial charge in [0.15, 0.2) is 0 Å². The summed E-state index contributed by atoms with van der Waals surface area (Å²) in [5.74, 6) is 0. The van der Waals surface area contributed by atoms with Crippen LogP contribution in [0.4, 0.5) is 11.4 Å². The highest BCUT2D eigenvalue weighted by Gasteiger charge is 2.17. The van der Waals surface area contributed by atoms with Gasteiger partial charge in [-0.3, -0.25) is 0 Å². The van der Waals surface area contributed by atoms with Crippen LogP contribution in [0.25, 0.3) is 22.8 Å². The maximum atomic E-state index is 3.94. The van der Waals surface area contributed by atoms with Gasteiger partial charge < -0.3 is 4.90 Å². The number of benzene rings is 3. The van der Waals surface area contributed by atoms with Crippen molar-refractivity contribution in [3.05, 3.63) is 157 Å². The van der Waals surface area contributed by atoms with Crippen LogP contribution in [0.15, 0.2) is 140 Å². The summed E-state index contributed by atoms with van der Waals surface area (Å²) in [6.45, 7) is 15.9. The number of hydrogen-bond donors (Lipinski definition) is 0. The molecule has 0 unspecified atom stereocenters. The van der Waals surface area contributed by atoms with Gasteiger partial charge in [-0.2, -0.15) is 0 Å². The zero-order valence-corrected chi connectivity index (χ0v) is 22.0. The molecule has 0 aromatic heterocycles. The molecule has 1 aliphatic rings. The van der Waals surface area contributed by atoms with Crippen molar-refractivity contribution in [3.8, 4) is 11.1 Å². The summed E-state index contributed by atoms with van der Waals surface area (Å²) < 4.78 is 0. The molecule has 0 atom stereocenters. The summed E-state index contributed by atoms with van der Waals surface area (Å²) in [4.78, 5) is 2.35. The summed E-state index contributed by atoms with van der Waals surface area (Å²) in [7, 11) is 0. The van der Waals surface area contributed by atoms with E-state index in [-0.39, 0.29) is 0 Å². The van der Waals surface area contributed by atoms with Gasteiger partial charge >= 0.3 is 0 Å². The van der Waals surface area contributed by atoms with Crippen LogP contribution in [0.2, 0.25) is 0 Å². The van der Waals surface area contributed by atoms with Crippen LogP contribution < -0.4 is 4.90 Å². The summed E-state index contributed by atoms with van der Waals surface area (Å²) in [5, 5.41) is 0. The van der Waals surface area contributed by atoms with Gasteiger partial charge in [-0.1, -0.05) is 98.7 Å². The Morgan fingerprint density at radius 1 is 0.757 bits per heavy atom. The standard InChI is InChI=1S/C36H35N/c1-6-9-10-11-27(4)36-26-32(17-12-28(36)5)31-18-24-35(25-19-31)37(33-20-13-29(7-2)14-21-33)34-22-15-30(8-3)16-23-34/h6-15,17-22,24-26H,1-3,16,23H2,4-5H3/b10-9-,27-11+. The largest absolute Gasteiger partial charge is 0.314 e. The van der Waals surface area contributed by atoms with Crippen molar-refractivity contribution in [2.75, 3.05) is 4.90 Å². The van der Waals surface area contributed by atoms with Gasteiger partial charge in [-0.15, -0.1) is 0 Å². The quantitative estimate of drug-likeness (QED) is 0.275. The SMILES string of the molecule is C=C/C=C\C=C(/C)c1cc(-c2ccc(N(C3=CC=C(C=C)CC3)c3ccc(C=C)cc3)cc2)ccc1C. The third-order valence-electron chi connectivity index (χ3n) is 6.81. The minimum atomic E-state index is 0.968. The third-order valence-corrected chi connectivity index (χ3v) is 6.81. The molecular formula is C36H35N. The monoisotopic (exact) mass is 481 g/mol. The molecule has 0 fully saturated rings. The van der Waals surface area contributed by atoms with Crippen molar-refractivity contribution in [1.29, 1.82) is 0 Å². The van der Waals surface area contributed by atoms with Crippen molar-refractivity contribution >= 4 is 23.0 Å². The lowest BCUT2D eigenvalue weighted by atomic mass is 9.95. The highest BCUT2D eigenvalue weighted by atomic mass is 15.1. The molecule has 37 heavy (non-hydrogen) atoms. The minimum absolute atomic E-state index is 0.968. The van der Waals surface area contributed by atoms with Gasteiger partial charge in [0.1, 0.15) is 0 Å². The first kappa shape index (κ1) is 25.7. The first-order valence-electron chi connectivity index (χ1n) is 12.8. The highest BCUT2D eigenvalue weighted by molar-refractivity contribution is 5.77. The molecule has 0 heterocycles. The molecule has 0 saturated heterocycles. The van der Waals surface area contributed by atoms with Gasteiger partial charge in [0.05, 0.1) is 0 Å². The van der Waals surface area contributed by atoms with E-state index in [0.29, 0.717) is 0 Å². The molecular weight excluding hydrogens is 446 g/mol. The average molecular weight is 482 g/mol. The van der Waals surface area contributed by atoms with Crippen molar-refractivity contribution in [2.45, 2.75) is 26.7 Å². The average Bonchev–Trinajstić information content (AvgIpc) is 2.94. The van der Waals surface area contributed by atoms with Gasteiger partial charge in [0, 0.05) is 17.1 Å². The van der Waals surface area contributed by atoms with Crippen LogP contribution in [-0.4, -0.2) is 0 Å². The Labute approximate surface area is 222 Å². The van der Waals surface area contributed by atoms with Crippen molar-refractivity contribution in [3.63, 3.8) is 0 Å². The Morgan fingerprint density at radius 2 is 1.43 bits per heavy atom. The normalized spacial score (nSPS) is 13.6. The molecule has 1 heteroatoms. The zero-order valence-electron chi connectivity index (χ0n) is 22.0. The number of rotatable bonds is 9. The maximum Gasteiger partial charge on any atom is 0.0458 e. The Kier molecular flexibility index (Phi) is 8.38. The Bertz CT molecular complexity index is 1410. The van der Waals surface area contributed by atoms with Gasteiger partial charge in [0.2, 0.25) is 0 Å². The fourth-order valence-corrected chi connectivity index (χ4v) is 4.64. The summed E-state index contributed by atoms with van der Waals surface area (Å²) in [5.41, 5.74) is 12.1. The van der Waals surface area contributed by atoms with Gasteiger partial charge in [-0.05, 0) is 102 Å². The van der Waals surface area contributed by atoms with E-state index >= 15 is 0 Å². The molecule has 0 spiro atoms. The fraction of sp³-hybridized carbons (Fsp3) is 0.111. The van der Waals surface area contributed by atoms with E-state index in [0.717, 1.165) is 29.8 Å². The molecule has 0 bridgehead atoms. The second-order valence-corrected chi connectivity index (χ2v) is 9.28. The molecule has 0 saturated carbocycles. The van der Waals surface area contributed by atoms with Crippen LogP contribution >= 0.6 is 0 Å². The second-order valence-electron chi connectivity index (χ2n) is 9.28. The molecule has 3 aromatic rings. The Balaban J connectivity index is 1.70. The predicted molar refractivity (Wildman–Crippen MR) is 164 cm³/mol. The fourth-order valence-electron chi connectivity index (χ4n) is 4.64. The zero-order chi connectivity index (χ0) is 26.2. The smallest absolute Gasteiger partial charge is 0.0458 e. The predicted octanol–water partition coefficient (Wildman–Crippen LogP) is 10.4. The Hall–Kier alpha value is -4.36. The van der Waals surface area contributed by atoms with Crippen molar-refractivity contribution in [2.24, 2.45) is 0 Å². The Morgan fingerprint density at radius 3 is 2.03 bits per heavy atom.